The van der Waals surface area contributed by atoms with Crippen molar-refractivity contribution in [2.45, 2.75) is 40.0 Å². The number of hydrogen-bond donors (Lipinski definition) is 0. The SMILES string of the molecule is CC(C)(C)CCCC(=O)c1ccc(-c2cccnc2)cc1. The molecule has 0 saturated heterocycles. The molecule has 1 heterocycles. The topological polar surface area (TPSA) is 30.0 Å². The van der Waals surface area contributed by atoms with Crippen LogP contribution in [0.2, 0.25) is 0 Å². The molecule has 0 aliphatic carbocycles. The van der Waals surface area contributed by atoms with Crippen molar-refractivity contribution >= 4 is 5.78 Å². The number of pyridine rings is 1. The van der Waals surface area contributed by atoms with E-state index in [-0.39, 0.29) is 5.78 Å². The molecule has 2 heteroatoms. The second-order valence-electron chi connectivity index (χ2n) is 6.66. The number of nitrogens with zero attached hydrogens (tertiary/aromatic N) is 1. The van der Waals surface area contributed by atoms with Gasteiger partial charge in [-0.1, -0.05) is 51.1 Å². The van der Waals surface area contributed by atoms with Crippen LogP contribution in [-0.4, -0.2) is 10.8 Å². The predicted octanol–water partition coefficient (Wildman–Crippen LogP) is 5.15. The third kappa shape index (κ3) is 4.82. The maximum absolute atomic E-state index is 12.2. The lowest BCUT2D eigenvalue weighted by Crippen LogP contribution is -2.06. The highest BCUT2D eigenvalue weighted by Gasteiger charge is 2.12. The highest BCUT2D eigenvalue weighted by Crippen LogP contribution is 2.23. The summed E-state index contributed by atoms with van der Waals surface area (Å²) in [7, 11) is 0. The molecular weight excluding hydrogens is 258 g/mol. The summed E-state index contributed by atoms with van der Waals surface area (Å²) in [6.07, 6.45) is 6.25. The van der Waals surface area contributed by atoms with Crippen LogP contribution in [0.3, 0.4) is 0 Å². The largest absolute Gasteiger partial charge is 0.294 e. The third-order valence-corrected chi connectivity index (χ3v) is 3.53. The van der Waals surface area contributed by atoms with E-state index in [9.17, 15) is 4.79 Å². The van der Waals surface area contributed by atoms with Crippen molar-refractivity contribution in [3.05, 3.63) is 54.4 Å². The maximum Gasteiger partial charge on any atom is 0.162 e. The van der Waals surface area contributed by atoms with Gasteiger partial charge in [-0.05, 0) is 35.4 Å². The zero-order chi connectivity index (χ0) is 15.3. The van der Waals surface area contributed by atoms with Crippen LogP contribution in [0.15, 0.2) is 48.8 Å². The molecule has 0 radical (unpaired) electrons. The standard InChI is InChI=1S/C19H23NO/c1-19(2,3)12-4-7-18(21)16-10-8-15(9-11-16)17-6-5-13-20-14-17/h5-6,8-11,13-14H,4,7,12H2,1-3H3. The van der Waals surface area contributed by atoms with E-state index in [1.54, 1.807) is 6.20 Å². The molecule has 0 amide bonds. The number of hydrogen-bond acceptors (Lipinski definition) is 2. The summed E-state index contributed by atoms with van der Waals surface area (Å²) in [5.41, 5.74) is 3.26. The zero-order valence-corrected chi connectivity index (χ0v) is 13.1. The fourth-order valence-electron chi connectivity index (χ4n) is 2.31. The number of ketones is 1. The van der Waals surface area contributed by atoms with E-state index in [1.807, 2.05) is 42.6 Å². The van der Waals surface area contributed by atoms with Crippen molar-refractivity contribution in [1.82, 2.24) is 4.98 Å². The van der Waals surface area contributed by atoms with Crippen molar-refractivity contribution in [3.8, 4) is 11.1 Å². The Kier molecular flexibility index (Phi) is 4.89. The van der Waals surface area contributed by atoms with Gasteiger partial charge in [-0.3, -0.25) is 9.78 Å². The minimum absolute atomic E-state index is 0.233. The summed E-state index contributed by atoms with van der Waals surface area (Å²) in [6.45, 7) is 6.63. The lowest BCUT2D eigenvalue weighted by Gasteiger charge is -2.17. The van der Waals surface area contributed by atoms with E-state index in [1.165, 1.54) is 0 Å². The minimum Gasteiger partial charge on any atom is -0.294 e. The number of carbonyl (C=O) groups is 1. The average molecular weight is 281 g/mol. The first-order valence-corrected chi connectivity index (χ1v) is 7.49. The summed E-state index contributed by atoms with van der Waals surface area (Å²) in [6, 6.07) is 11.8. The van der Waals surface area contributed by atoms with E-state index in [2.05, 4.69) is 25.8 Å². The van der Waals surface area contributed by atoms with Crippen LogP contribution in [0.25, 0.3) is 11.1 Å². The van der Waals surface area contributed by atoms with E-state index in [0.717, 1.165) is 29.5 Å². The molecule has 0 spiro atoms. The number of rotatable bonds is 5. The fraction of sp³-hybridized carbons (Fsp3) is 0.368. The Hall–Kier alpha value is -1.96. The highest BCUT2D eigenvalue weighted by molar-refractivity contribution is 5.96. The zero-order valence-electron chi connectivity index (χ0n) is 13.1. The first-order chi connectivity index (χ1) is 9.96. The second-order valence-corrected chi connectivity index (χ2v) is 6.66. The van der Waals surface area contributed by atoms with Gasteiger partial charge in [0.15, 0.2) is 5.78 Å². The van der Waals surface area contributed by atoms with Gasteiger partial charge in [0, 0.05) is 24.4 Å². The van der Waals surface area contributed by atoms with Crippen LogP contribution in [0, 0.1) is 5.41 Å². The lowest BCUT2D eigenvalue weighted by molar-refractivity contribution is 0.0976. The van der Waals surface area contributed by atoms with Crippen LogP contribution in [0.5, 0.6) is 0 Å². The molecule has 0 N–H and O–H groups in total. The highest BCUT2D eigenvalue weighted by atomic mass is 16.1. The van der Waals surface area contributed by atoms with Crippen LogP contribution >= 0.6 is 0 Å². The Morgan fingerprint density at radius 2 is 1.76 bits per heavy atom. The van der Waals surface area contributed by atoms with Crippen molar-refractivity contribution in [1.29, 1.82) is 0 Å². The quantitative estimate of drug-likeness (QED) is 0.710. The normalized spacial score (nSPS) is 11.4. The smallest absolute Gasteiger partial charge is 0.162 e. The van der Waals surface area contributed by atoms with Gasteiger partial charge in [-0.25, -0.2) is 0 Å². The summed E-state index contributed by atoms with van der Waals surface area (Å²) in [5.74, 6) is 0.233. The van der Waals surface area contributed by atoms with Gasteiger partial charge in [-0.15, -0.1) is 0 Å². The number of benzene rings is 1. The molecule has 0 unspecified atom stereocenters. The molecule has 0 bridgehead atoms. The Morgan fingerprint density at radius 3 is 2.33 bits per heavy atom. The fourth-order valence-corrected chi connectivity index (χ4v) is 2.31. The summed E-state index contributed by atoms with van der Waals surface area (Å²) < 4.78 is 0. The average Bonchev–Trinajstić information content (AvgIpc) is 2.47. The van der Waals surface area contributed by atoms with Crippen LogP contribution in [-0.2, 0) is 0 Å². The van der Waals surface area contributed by atoms with Crippen molar-refractivity contribution in [2.24, 2.45) is 5.41 Å². The van der Waals surface area contributed by atoms with E-state index in [4.69, 9.17) is 0 Å². The van der Waals surface area contributed by atoms with Gasteiger partial charge in [0.1, 0.15) is 0 Å². The van der Waals surface area contributed by atoms with Crippen LogP contribution in [0.4, 0.5) is 0 Å². The maximum atomic E-state index is 12.2. The third-order valence-electron chi connectivity index (χ3n) is 3.53. The van der Waals surface area contributed by atoms with Gasteiger partial charge in [0.05, 0.1) is 0 Å². The molecule has 110 valence electrons. The molecular formula is C19H23NO. The molecule has 0 aliphatic rings. The molecule has 0 fully saturated rings. The molecule has 0 saturated carbocycles. The van der Waals surface area contributed by atoms with Gasteiger partial charge >= 0.3 is 0 Å². The summed E-state index contributed by atoms with van der Waals surface area (Å²) >= 11 is 0. The van der Waals surface area contributed by atoms with Crippen LogP contribution in [0.1, 0.15) is 50.4 Å². The van der Waals surface area contributed by atoms with Crippen molar-refractivity contribution in [3.63, 3.8) is 0 Å². The first kappa shape index (κ1) is 15.4. The number of Topliss-reactive ketones (excluding diaryl/α,β-unsaturated/α-hetero) is 1. The Morgan fingerprint density at radius 1 is 1.05 bits per heavy atom. The Balaban J connectivity index is 1.97. The second kappa shape index (κ2) is 6.66. The molecule has 2 aromatic rings. The predicted molar refractivity (Wildman–Crippen MR) is 87.3 cm³/mol. The Bertz CT molecular complexity index is 579. The first-order valence-electron chi connectivity index (χ1n) is 7.49. The molecule has 0 atom stereocenters. The molecule has 1 aromatic carbocycles. The van der Waals surface area contributed by atoms with Gasteiger partial charge in [-0.2, -0.15) is 0 Å². The van der Waals surface area contributed by atoms with E-state index in [0.29, 0.717) is 11.8 Å². The van der Waals surface area contributed by atoms with Crippen molar-refractivity contribution in [2.75, 3.05) is 0 Å². The molecule has 0 aliphatic heterocycles. The van der Waals surface area contributed by atoms with Gasteiger partial charge < -0.3 is 0 Å². The minimum atomic E-state index is 0.233. The summed E-state index contributed by atoms with van der Waals surface area (Å²) in [5, 5.41) is 0. The number of carbonyl (C=O) groups excluding carboxylic acids is 1. The summed E-state index contributed by atoms with van der Waals surface area (Å²) in [4.78, 5) is 16.3. The monoisotopic (exact) mass is 281 g/mol. The van der Waals surface area contributed by atoms with E-state index < -0.39 is 0 Å². The number of aromatic nitrogens is 1. The van der Waals surface area contributed by atoms with E-state index >= 15 is 0 Å². The van der Waals surface area contributed by atoms with Gasteiger partial charge in [0.2, 0.25) is 0 Å². The van der Waals surface area contributed by atoms with Crippen LogP contribution < -0.4 is 0 Å². The molecule has 1 aromatic heterocycles. The van der Waals surface area contributed by atoms with Crippen molar-refractivity contribution < 1.29 is 4.79 Å². The molecule has 2 rings (SSSR count). The molecule has 2 nitrogen and oxygen atoms in total. The lowest BCUT2D eigenvalue weighted by atomic mass is 9.89. The Labute approximate surface area is 127 Å². The van der Waals surface area contributed by atoms with Gasteiger partial charge in [0.25, 0.3) is 0 Å². The molecule has 21 heavy (non-hydrogen) atoms.